The Balaban J connectivity index is 1.95. The third-order valence-electron chi connectivity index (χ3n) is 7.06. The van der Waals surface area contributed by atoms with E-state index in [1.54, 1.807) is 39.5 Å². The van der Waals surface area contributed by atoms with Crippen LogP contribution in [0.4, 0.5) is 28.4 Å². The number of nitrogens with zero attached hydrogens (tertiary/aromatic N) is 4. The lowest BCUT2D eigenvalue weighted by molar-refractivity contribution is -0.106. The SMILES string of the molecule is C=C/C=C(\C=C/C)N(C)c1cc2c(cc1N(C=O)c1ccccc1N)n(-c1ccccc1N)c(=O)n2-c1ccccc1. The summed E-state index contributed by atoms with van der Waals surface area (Å²) in [5.41, 5.74) is 18.2. The fourth-order valence-electron chi connectivity index (χ4n) is 5.09. The van der Waals surface area contributed by atoms with Crippen molar-refractivity contribution in [2.75, 3.05) is 28.3 Å². The molecule has 0 bridgehead atoms. The maximum atomic E-state index is 14.3. The fraction of sp³-hybridized carbons (Fsp3) is 0.0588. The molecular weight excluding hydrogens is 524 g/mol. The highest BCUT2D eigenvalue weighted by Gasteiger charge is 2.25. The predicted molar refractivity (Wildman–Crippen MR) is 174 cm³/mol. The molecule has 1 heterocycles. The lowest BCUT2D eigenvalue weighted by atomic mass is 10.1. The zero-order valence-electron chi connectivity index (χ0n) is 23.5. The summed E-state index contributed by atoms with van der Waals surface area (Å²) in [5.74, 6) is 0. The van der Waals surface area contributed by atoms with E-state index >= 15 is 0 Å². The molecule has 0 unspecified atom stereocenters. The first-order valence-electron chi connectivity index (χ1n) is 13.4. The number of aromatic nitrogens is 2. The van der Waals surface area contributed by atoms with Crippen LogP contribution in [0, 0.1) is 0 Å². The van der Waals surface area contributed by atoms with Gasteiger partial charge >= 0.3 is 5.69 Å². The van der Waals surface area contributed by atoms with Crippen LogP contribution >= 0.6 is 0 Å². The van der Waals surface area contributed by atoms with Gasteiger partial charge in [0.1, 0.15) is 0 Å². The first kappa shape index (κ1) is 27.8. The maximum absolute atomic E-state index is 14.3. The molecule has 0 spiro atoms. The molecule has 0 atom stereocenters. The molecule has 5 aromatic rings. The van der Waals surface area contributed by atoms with Gasteiger partial charge in [0, 0.05) is 12.7 Å². The van der Waals surface area contributed by atoms with E-state index in [2.05, 4.69) is 6.58 Å². The van der Waals surface area contributed by atoms with E-state index in [0.717, 1.165) is 12.1 Å². The molecular formula is C34H32N6O2. The summed E-state index contributed by atoms with van der Waals surface area (Å²) < 4.78 is 3.23. The molecule has 0 aliphatic rings. The highest BCUT2D eigenvalue weighted by Crippen LogP contribution is 2.41. The van der Waals surface area contributed by atoms with Gasteiger partial charge in [-0.1, -0.05) is 61.2 Å². The van der Waals surface area contributed by atoms with Crippen molar-refractivity contribution in [3.63, 3.8) is 0 Å². The van der Waals surface area contributed by atoms with Crippen LogP contribution in [0.25, 0.3) is 22.4 Å². The molecule has 8 heteroatoms. The summed E-state index contributed by atoms with van der Waals surface area (Å²) in [7, 11) is 1.90. The van der Waals surface area contributed by atoms with Crippen LogP contribution < -0.4 is 27.0 Å². The highest BCUT2D eigenvalue weighted by molar-refractivity contribution is 6.01. The first-order chi connectivity index (χ1) is 20.4. The Labute approximate surface area is 244 Å². The zero-order chi connectivity index (χ0) is 29.8. The second-order valence-corrected chi connectivity index (χ2v) is 9.60. The van der Waals surface area contributed by atoms with Crippen LogP contribution in [0.1, 0.15) is 6.92 Å². The highest BCUT2D eigenvalue weighted by atomic mass is 16.2. The van der Waals surface area contributed by atoms with Crippen molar-refractivity contribution in [2.24, 2.45) is 0 Å². The Morgan fingerprint density at radius 2 is 1.43 bits per heavy atom. The summed E-state index contributed by atoms with van der Waals surface area (Å²) in [6.07, 6.45) is 8.16. The summed E-state index contributed by atoms with van der Waals surface area (Å²) in [6.45, 7) is 5.80. The van der Waals surface area contributed by atoms with Gasteiger partial charge in [0.25, 0.3) is 0 Å². The largest absolute Gasteiger partial charge is 0.397 e. The lowest BCUT2D eigenvalue weighted by Gasteiger charge is -2.28. The third kappa shape index (κ3) is 4.86. The molecule has 1 amide bonds. The Kier molecular flexibility index (Phi) is 7.79. The van der Waals surface area contributed by atoms with Crippen molar-refractivity contribution >= 4 is 45.9 Å². The van der Waals surface area contributed by atoms with Crippen LogP contribution in [0.5, 0.6) is 0 Å². The number of anilines is 5. The summed E-state index contributed by atoms with van der Waals surface area (Å²) in [4.78, 5) is 30.5. The first-order valence-corrected chi connectivity index (χ1v) is 13.4. The average molecular weight is 557 g/mol. The second-order valence-electron chi connectivity index (χ2n) is 9.60. The van der Waals surface area contributed by atoms with Crippen molar-refractivity contribution in [3.05, 3.63) is 138 Å². The average Bonchev–Trinajstić information content (AvgIpc) is 3.28. The summed E-state index contributed by atoms with van der Waals surface area (Å²) in [6, 6.07) is 27.5. The van der Waals surface area contributed by atoms with Crippen LogP contribution in [0.15, 0.2) is 132 Å². The monoisotopic (exact) mass is 556 g/mol. The van der Waals surface area contributed by atoms with Gasteiger partial charge in [-0.25, -0.2) is 4.79 Å². The van der Waals surface area contributed by atoms with Crippen LogP contribution in [0.3, 0.4) is 0 Å². The molecule has 0 radical (unpaired) electrons. The minimum absolute atomic E-state index is 0.299. The maximum Gasteiger partial charge on any atom is 0.338 e. The number of benzene rings is 4. The van der Waals surface area contributed by atoms with Gasteiger partial charge in [0.15, 0.2) is 0 Å². The number of allylic oxidation sites excluding steroid dienone is 4. The number of hydrogen-bond donors (Lipinski definition) is 2. The van der Waals surface area contributed by atoms with Gasteiger partial charge < -0.3 is 16.4 Å². The summed E-state index contributed by atoms with van der Waals surface area (Å²) >= 11 is 0. The minimum Gasteiger partial charge on any atom is -0.397 e. The number of para-hydroxylation sites is 5. The van der Waals surface area contributed by atoms with Crippen molar-refractivity contribution < 1.29 is 4.79 Å². The van der Waals surface area contributed by atoms with Crippen molar-refractivity contribution in [1.29, 1.82) is 0 Å². The number of hydrogen-bond acceptors (Lipinski definition) is 5. The van der Waals surface area contributed by atoms with E-state index in [0.29, 0.717) is 50.8 Å². The van der Waals surface area contributed by atoms with Gasteiger partial charge in [-0.3, -0.25) is 18.8 Å². The van der Waals surface area contributed by atoms with Crippen molar-refractivity contribution in [3.8, 4) is 11.4 Å². The number of imidazole rings is 1. The predicted octanol–water partition coefficient (Wildman–Crippen LogP) is 6.32. The molecule has 210 valence electrons. The molecule has 0 aliphatic heterocycles. The quantitative estimate of drug-likeness (QED) is 0.126. The normalized spacial score (nSPS) is 11.6. The standard InChI is InChI=1S/C34H32N6O2/c1-4-13-24(14-5-2)37(3)30-21-32-33(22-31(30)38(23-41)28-19-11-9-17-26(28)35)40(29-20-12-10-18-27(29)36)34(42)39(32)25-15-7-6-8-16-25/h4-23H,1,35-36H2,2-3H3/b14-5-,24-13+. The topological polar surface area (TPSA) is 103 Å². The fourth-order valence-corrected chi connectivity index (χ4v) is 5.09. The number of amides is 1. The number of fused-ring (bicyclic) bond motifs is 1. The van der Waals surface area contributed by atoms with Crippen molar-refractivity contribution in [2.45, 2.75) is 6.92 Å². The van der Waals surface area contributed by atoms with E-state index in [-0.39, 0.29) is 5.69 Å². The Morgan fingerprint density at radius 1 is 0.810 bits per heavy atom. The molecule has 42 heavy (non-hydrogen) atoms. The molecule has 0 aliphatic carbocycles. The van der Waals surface area contributed by atoms with Gasteiger partial charge in [-0.05, 0) is 67.6 Å². The van der Waals surface area contributed by atoms with Gasteiger partial charge in [0.2, 0.25) is 6.41 Å². The molecule has 0 saturated carbocycles. The Hall–Kier alpha value is -5.76. The summed E-state index contributed by atoms with van der Waals surface area (Å²) in [5, 5.41) is 0. The number of nitrogen functional groups attached to an aromatic ring is 2. The van der Waals surface area contributed by atoms with E-state index in [4.69, 9.17) is 11.5 Å². The molecule has 8 nitrogen and oxygen atoms in total. The number of carbonyl (C=O) groups excluding carboxylic acids is 1. The van der Waals surface area contributed by atoms with Crippen LogP contribution in [0.2, 0.25) is 0 Å². The van der Waals surface area contributed by atoms with Crippen LogP contribution in [-0.2, 0) is 4.79 Å². The van der Waals surface area contributed by atoms with Gasteiger partial charge in [-0.2, -0.15) is 0 Å². The lowest BCUT2D eigenvalue weighted by Crippen LogP contribution is -2.22. The number of rotatable bonds is 9. The van der Waals surface area contributed by atoms with E-state index in [9.17, 15) is 9.59 Å². The van der Waals surface area contributed by atoms with Crippen molar-refractivity contribution in [1.82, 2.24) is 9.13 Å². The Morgan fingerprint density at radius 3 is 2.07 bits per heavy atom. The van der Waals surface area contributed by atoms with E-state index < -0.39 is 0 Å². The van der Waals surface area contributed by atoms with Gasteiger partial charge in [0.05, 0.1) is 50.8 Å². The number of likely N-dealkylation sites (N-methyl/N-ethyl adjacent to an activating group) is 1. The smallest absolute Gasteiger partial charge is 0.338 e. The van der Waals surface area contributed by atoms with Gasteiger partial charge in [-0.15, -0.1) is 0 Å². The van der Waals surface area contributed by atoms with E-state index in [1.807, 2.05) is 104 Å². The molecule has 1 aromatic heterocycles. The Bertz CT molecular complexity index is 1900. The van der Waals surface area contributed by atoms with E-state index in [1.165, 1.54) is 4.90 Å². The zero-order valence-corrected chi connectivity index (χ0v) is 23.5. The minimum atomic E-state index is -0.299. The molecule has 0 fully saturated rings. The number of nitrogens with two attached hydrogens (primary N) is 2. The third-order valence-corrected chi connectivity index (χ3v) is 7.06. The molecule has 4 N–H and O–H groups in total. The molecule has 0 saturated heterocycles. The second kappa shape index (κ2) is 11.8. The van der Waals surface area contributed by atoms with Crippen LogP contribution in [-0.4, -0.2) is 22.6 Å². The molecule has 4 aromatic carbocycles. The number of carbonyl (C=O) groups is 1. The molecule has 5 rings (SSSR count).